The Bertz CT molecular complexity index is 1140. The van der Waals surface area contributed by atoms with E-state index in [2.05, 4.69) is 30.2 Å². The van der Waals surface area contributed by atoms with E-state index in [4.69, 9.17) is 4.52 Å². The van der Waals surface area contributed by atoms with Crippen molar-refractivity contribution in [3.8, 4) is 21.9 Å². The Hall–Kier alpha value is -3.00. The van der Waals surface area contributed by atoms with Crippen LogP contribution in [-0.4, -0.2) is 38.8 Å². The van der Waals surface area contributed by atoms with E-state index in [9.17, 15) is 9.59 Å². The molecule has 0 radical (unpaired) electrons. The lowest BCUT2D eigenvalue weighted by Gasteiger charge is -2.29. The number of carbonyl (C=O) groups excluding carboxylic acids is 1. The number of hydrogen-bond donors (Lipinski definition) is 0. The van der Waals surface area contributed by atoms with E-state index >= 15 is 0 Å². The molecule has 8 heteroatoms. The van der Waals surface area contributed by atoms with Crippen LogP contribution < -0.4 is 5.56 Å². The van der Waals surface area contributed by atoms with Crippen molar-refractivity contribution in [2.75, 3.05) is 13.1 Å². The summed E-state index contributed by atoms with van der Waals surface area (Å²) in [4.78, 5) is 28.5. The minimum Gasteiger partial charge on any atom is -0.356 e. The summed E-state index contributed by atoms with van der Waals surface area (Å²) in [5, 5.41) is 10.4. The van der Waals surface area contributed by atoms with Gasteiger partial charge in [0.05, 0.1) is 16.1 Å². The van der Waals surface area contributed by atoms with Crippen molar-refractivity contribution in [3.05, 3.63) is 57.8 Å². The third-order valence-corrected chi connectivity index (χ3v) is 5.94. The molecule has 0 saturated carbocycles. The summed E-state index contributed by atoms with van der Waals surface area (Å²) in [6.45, 7) is 7.18. The molecular weight excluding hydrogens is 400 g/mol. The van der Waals surface area contributed by atoms with Crippen molar-refractivity contribution in [2.24, 2.45) is 5.41 Å². The second-order valence-electron chi connectivity index (χ2n) is 8.33. The van der Waals surface area contributed by atoms with Crippen LogP contribution in [0.4, 0.5) is 0 Å². The fourth-order valence-electron chi connectivity index (χ4n) is 3.55. The zero-order valence-electron chi connectivity index (χ0n) is 17.3. The molecule has 4 rings (SSSR count). The molecule has 1 aliphatic rings. The molecule has 0 aliphatic carbocycles. The van der Waals surface area contributed by atoms with Crippen molar-refractivity contribution in [3.63, 3.8) is 0 Å². The first kappa shape index (κ1) is 20.3. The summed E-state index contributed by atoms with van der Waals surface area (Å²) in [5.74, 6) is 0.364. The Balaban J connectivity index is 1.69. The molecule has 3 aromatic rings. The van der Waals surface area contributed by atoms with E-state index in [-0.39, 0.29) is 23.4 Å². The van der Waals surface area contributed by atoms with Crippen LogP contribution in [0.15, 0.2) is 51.1 Å². The summed E-state index contributed by atoms with van der Waals surface area (Å²) in [7, 11) is 0. The lowest BCUT2D eigenvalue weighted by molar-refractivity contribution is -0.132. The van der Waals surface area contributed by atoms with Gasteiger partial charge in [0.25, 0.3) is 5.56 Å². The Kier molecular flexibility index (Phi) is 5.42. The van der Waals surface area contributed by atoms with E-state index in [1.807, 2.05) is 30.5 Å². The highest BCUT2D eigenvalue weighted by molar-refractivity contribution is 7.13. The third-order valence-electron chi connectivity index (χ3n) is 5.07. The van der Waals surface area contributed by atoms with Gasteiger partial charge in [-0.25, -0.2) is 4.68 Å². The highest BCUT2D eigenvalue weighted by Gasteiger charge is 2.26. The van der Waals surface area contributed by atoms with Gasteiger partial charge in [0.15, 0.2) is 5.76 Å². The van der Waals surface area contributed by atoms with E-state index in [0.717, 1.165) is 17.0 Å². The van der Waals surface area contributed by atoms with Crippen LogP contribution in [-0.2, 0) is 11.3 Å². The number of nitrogens with zero attached hydrogens (tertiary/aromatic N) is 4. The van der Waals surface area contributed by atoms with Gasteiger partial charge in [-0.2, -0.15) is 5.10 Å². The van der Waals surface area contributed by atoms with Crippen LogP contribution in [0.25, 0.3) is 21.9 Å². The van der Waals surface area contributed by atoms with Gasteiger partial charge in [-0.1, -0.05) is 37.2 Å². The fourth-order valence-corrected chi connectivity index (χ4v) is 4.27. The maximum Gasteiger partial charge on any atom is 0.268 e. The van der Waals surface area contributed by atoms with Crippen LogP contribution in [0.2, 0.25) is 0 Å². The van der Waals surface area contributed by atoms with Crippen molar-refractivity contribution in [1.29, 1.82) is 0 Å². The zero-order valence-corrected chi connectivity index (χ0v) is 18.1. The molecular formula is C22H24N4O3S. The highest BCUT2D eigenvalue weighted by Crippen LogP contribution is 2.32. The number of carbonyl (C=O) groups is 1. The number of aromatic nitrogens is 3. The predicted molar refractivity (Wildman–Crippen MR) is 116 cm³/mol. The molecule has 0 unspecified atom stereocenters. The van der Waals surface area contributed by atoms with Gasteiger partial charge in [0.1, 0.15) is 12.2 Å². The molecule has 0 atom stereocenters. The summed E-state index contributed by atoms with van der Waals surface area (Å²) in [5.41, 5.74) is 1.54. The molecule has 0 spiro atoms. The Morgan fingerprint density at radius 2 is 2.13 bits per heavy atom. The quantitative estimate of drug-likeness (QED) is 0.596. The molecule has 0 N–H and O–H groups in total. The van der Waals surface area contributed by atoms with Crippen molar-refractivity contribution in [1.82, 2.24) is 19.8 Å². The van der Waals surface area contributed by atoms with Crippen molar-refractivity contribution >= 4 is 17.2 Å². The van der Waals surface area contributed by atoms with Gasteiger partial charge in [-0.15, -0.1) is 11.3 Å². The number of aryl methyl sites for hydroxylation is 1. The number of allylic oxidation sites excluding steroid dienone is 1. The van der Waals surface area contributed by atoms with Crippen LogP contribution in [0.5, 0.6) is 0 Å². The van der Waals surface area contributed by atoms with Gasteiger partial charge in [-0.05, 0) is 30.2 Å². The Labute approximate surface area is 178 Å². The third kappa shape index (κ3) is 4.28. The highest BCUT2D eigenvalue weighted by atomic mass is 32.1. The summed E-state index contributed by atoms with van der Waals surface area (Å²) < 4.78 is 6.62. The minimum atomic E-state index is -0.350. The topological polar surface area (TPSA) is 81.2 Å². The first-order valence-corrected chi connectivity index (χ1v) is 10.7. The maximum absolute atomic E-state index is 13.0. The number of amides is 1. The van der Waals surface area contributed by atoms with E-state index in [1.165, 1.54) is 22.1 Å². The smallest absolute Gasteiger partial charge is 0.268 e. The molecule has 0 bridgehead atoms. The number of thiophene rings is 1. The molecule has 156 valence electrons. The van der Waals surface area contributed by atoms with E-state index in [1.54, 1.807) is 11.0 Å². The molecule has 0 fully saturated rings. The fraction of sp³-hybridized carbons (Fsp3) is 0.364. The van der Waals surface area contributed by atoms with Crippen molar-refractivity contribution in [2.45, 2.75) is 33.7 Å². The summed E-state index contributed by atoms with van der Waals surface area (Å²) in [6, 6.07) is 7.10. The predicted octanol–water partition coefficient (Wildman–Crippen LogP) is 3.75. The van der Waals surface area contributed by atoms with Crippen LogP contribution in [0.1, 0.15) is 26.0 Å². The average Bonchev–Trinajstić information content (AvgIpc) is 3.33. The van der Waals surface area contributed by atoms with Gasteiger partial charge >= 0.3 is 0 Å². The largest absolute Gasteiger partial charge is 0.356 e. The monoisotopic (exact) mass is 424 g/mol. The van der Waals surface area contributed by atoms with Crippen molar-refractivity contribution < 1.29 is 9.32 Å². The van der Waals surface area contributed by atoms with Gasteiger partial charge in [0, 0.05) is 25.2 Å². The molecule has 4 heterocycles. The lowest BCUT2D eigenvalue weighted by Crippen LogP contribution is -2.41. The summed E-state index contributed by atoms with van der Waals surface area (Å²) in [6.07, 6.45) is 5.04. The van der Waals surface area contributed by atoms with Crippen LogP contribution in [0.3, 0.4) is 0 Å². The normalized spacial score (nSPS) is 15.9. The molecule has 1 aliphatic heterocycles. The first-order valence-electron chi connectivity index (χ1n) is 9.85. The molecule has 30 heavy (non-hydrogen) atoms. The molecule has 1 amide bonds. The van der Waals surface area contributed by atoms with E-state index in [0.29, 0.717) is 30.1 Å². The summed E-state index contributed by atoms with van der Waals surface area (Å²) >= 11 is 1.51. The minimum absolute atomic E-state index is 0.00279. The molecule has 0 saturated heterocycles. The Morgan fingerprint density at radius 3 is 2.83 bits per heavy atom. The lowest BCUT2D eigenvalue weighted by atomic mass is 9.89. The van der Waals surface area contributed by atoms with Crippen LogP contribution >= 0.6 is 11.3 Å². The molecule has 0 aromatic carbocycles. The Morgan fingerprint density at radius 1 is 1.30 bits per heavy atom. The second-order valence-corrected chi connectivity index (χ2v) is 9.27. The number of hydrogen-bond acceptors (Lipinski definition) is 6. The van der Waals surface area contributed by atoms with E-state index < -0.39 is 0 Å². The van der Waals surface area contributed by atoms with Gasteiger partial charge in [-0.3, -0.25) is 9.59 Å². The average molecular weight is 425 g/mol. The second kappa shape index (κ2) is 8.02. The van der Waals surface area contributed by atoms with Gasteiger partial charge < -0.3 is 9.42 Å². The molecule has 7 nitrogen and oxygen atoms in total. The zero-order chi connectivity index (χ0) is 21.3. The maximum atomic E-state index is 13.0. The number of rotatable bonds is 4. The molecule has 3 aromatic heterocycles. The SMILES string of the molecule is Cc1cc(-c2cc(=O)n(CC(=O)N3CC=CCC(C)(C)C3)nc2-c2cccs2)on1. The van der Waals surface area contributed by atoms with Gasteiger partial charge in [0.2, 0.25) is 5.91 Å². The first-order chi connectivity index (χ1) is 14.3. The standard InChI is InChI=1S/C22H24N4O3S/c1-15-11-17(29-24-15)16-12-19(27)26(23-21(16)18-7-6-10-30-18)13-20(28)25-9-5-4-8-22(2,3)14-25/h4-7,10-12H,8-9,13-14H2,1-3H3. The van der Waals surface area contributed by atoms with Crippen LogP contribution in [0, 0.1) is 12.3 Å².